The maximum Gasteiger partial charge on any atom is 0.170 e. The van der Waals surface area contributed by atoms with Gasteiger partial charge < -0.3 is 10.9 Å². The van der Waals surface area contributed by atoms with Crippen LogP contribution < -0.4 is 5.73 Å². The van der Waals surface area contributed by atoms with Crippen molar-refractivity contribution < 1.29 is 5.21 Å². The molecule has 0 bridgehead atoms. The van der Waals surface area contributed by atoms with Gasteiger partial charge in [0.25, 0.3) is 0 Å². The van der Waals surface area contributed by atoms with E-state index in [1.165, 1.54) is 11.1 Å². The number of oxime groups is 1. The van der Waals surface area contributed by atoms with Gasteiger partial charge in [-0.25, -0.2) is 0 Å². The van der Waals surface area contributed by atoms with Gasteiger partial charge in [0.1, 0.15) is 0 Å². The van der Waals surface area contributed by atoms with Crippen molar-refractivity contribution in [3.05, 3.63) is 41.7 Å². The van der Waals surface area contributed by atoms with Crippen LogP contribution in [0, 0.1) is 0 Å². The van der Waals surface area contributed by atoms with Crippen LogP contribution in [0.2, 0.25) is 0 Å². The van der Waals surface area contributed by atoms with E-state index in [2.05, 4.69) is 20.6 Å². The number of rotatable bonds is 4. The Balaban J connectivity index is 1.99. The van der Waals surface area contributed by atoms with Gasteiger partial charge in [-0.1, -0.05) is 29.4 Å². The molecule has 17 heavy (non-hydrogen) atoms. The van der Waals surface area contributed by atoms with Crippen molar-refractivity contribution in [1.29, 1.82) is 0 Å². The van der Waals surface area contributed by atoms with E-state index in [1.54, 1.807) is 12.1 Å². The number of aromatic nitrogens is 4. The minimum absolute atomic E-state index is 0.106. The lowest BCUT2D eigenvalue weighted by molar-refractivity contribution is 0.318. The van der Waals surface area contributed by atoms with Gasteiger partial charge >= 0.3 is 0 Å². The second-order valence-electron chi connectivity index (χ2n) is 3.46. The number of amidine groups is 1. The van der Waals surface area contributed by atoms with Gasteiger partial charge in [0.15, 0.2) is 12.2 Å². The summed E-state index contributed by atoms with van der Waals surface area (Å²) in [7, 11) is 0. The van der Waals surface area contributed by atoms with E-state index in [9.17, 15) is 0 Å². The fourth-order valence-corrected chi connectivity index (χ4v) is 1.42. The highest BCUT2D eigenvalue weighted by atomic mass is 16.4. The molecule has 1 heterocycles. The van der Waals surface area contributed by atoms with Crippen LogP contribution in [-0.2, 0) is 13.0 Å². The molecule has 1 aromatic carbocycles. The van der Waals surface area contributed by atoms with Crippen molar-refractivity contribution in [2.45, 2.75) is 13.0 Å². The molecule has 0 unspecified atom stereocenters. The van der Waals surface area contributed by atoms with Gasteiger partial charge in [0.2, 0.25) is 0 Å². The molecule has 88 valence electrons. The Morgan fingerprint density at radius 2 is 2.12 bits per heavy atom. The maximum absolute atomic E-state index is 8.52. The van der Waals surface area contributed by atoms with Crippen molar-refractivity contribution in [2.24, 2.45) is 10.9 Å². The van der Waals surface area contributed by atoms with E-state index in [0.29, 0.717) is 12.1 Å². The number of nitrogens with zero attached hydrogens (tertiary/aromatic N) is 5. The zero-order chi connectivity index (χ0) is 12.1. The molecule has 0 amide bonds. The van der Waals surface area contributed by atoms with Gasteiger partial charge in [-0.2, -0.15) is 4.80 Å². The minimum atomic E-state index is 0.106. The Labute approximate surface area is 97.6 Å². The summed E-state index contributed by atoms with van der Waals surface area (Å²) in [6.45, 7) is 0.670. The Hall–Kier alpha value is -2.44. The Morgan fingerprint density at radius 1 is 1.35 bits per heavy atom. The molecule has 0 aliphatic rings. The lowest BCUT2D eigenvalue weighted by Crippen LogP contribution is -2.13. The fourth-order valence-electron chi connectivity index (χ4n) is 1.42. The van der Waals surface area contributed by atoms with Gasteiger partial charge in [-0.15, -0.1) is 10.2 Å². The summed E-state index contributed by atoms with van der Waals surface area (Å²) in [6, 6.07) is 7.45. The minimum Gasteiger partial charge on any atom is -0.409 e. The van der Waals surface area contributed by atoms with E-state index >= 15 is 0 Å². The first-order valence-corrected chi connectivity index (χ1v) is 5.07. The summed E-state index contributed by atoms with van der Waals surface area (Å²) in [6.07, 6.45) is 2.20. The van der Waals surface area contributed by atoms with Crippen LogP contribution in [0.15, 0.2) is 35.7 Å². The molecular weight excluding hydrogens is 220 g/mol. The molecule has 0 fully saturated rings. The van der Waals surface area contributed by atoms with Crippen LogP contribution in [0.1, 0.15) is 11.1 Å². The lowest BCUT2D eigenvalue weighted by Gasteiger charge is -2.02. The molecule has 0 saturated heterocycles. The third kappa shape index (κ3) is 2.77. The van der Waals surface area contributed by atoms with Crippen LogP contribution >= 0.6 is 0 Å². The van der Waals surface area contributed by atoms with Crippen molar-refractivity contribution in [1.82, 2.24) is 20.2 Å². The fraction of sp³-hybridized carbons (Fsp3) is 0.200. The predicted octanol–water partition coefficient (Wildman–Crippen LogP) is 0.0103. The largest absolute Gasteiger partial charge is 0.409 e. The number of hydrogen-bond donors (Lipinski definition) is 2. The van der Waals surface area contributed by atoms with Crippen LogP contribution in [0.5, 0.6) is 0 Å². The molecule has 7 heteroatoms. The van der Waals surface area contributed by atoms with Crippen molar-refractivity contribution in [3.8, 4) is 0 Å². The summed E-state index contributed by atoms with van der Waals surface area (Å²) in [5.74, 6) is 0.106. The monoisotopic (exact) mass is 232 g/mol. The maximum atomic E-state index is 8.52. The van der Waals surface area contributed by atoms with Crippen LogP contribution in [0.25, 0.3) is 0 Å². The number of nitrogens with two attached hydrogens (primary N) is 1. The molecule has 3 N–H and O–H groups in total. The molecule has 0 spiro atoms. The standard InChI is InChI=1S/C10H12N6O/c11-10(14-17)9-3-1-8(2-4-9)5-6-16-13-7-12-15-16/h1-4,7,17H,5-6H2,(H2,11,14). The van der Waals surface area contributed by atoms with Crippen LogP contribution in [0.4, 0.5) is 0 Å². The van der Waals surface area contributed by atoms with E-state index in [-0.39, 0.29) is 5.84 Å². The molecule has 2 rings (SSSR count). The SMILES string of the molecule is NC(=NO)c1ccc(CCn2ncnn2)cc1. The first kappa shape index (κ1) is 11.1. The number of hydrogen-bond acceptors (Lipinski definition) is 5. The topological polar surface area (TPSA) is 102 Å². The summed E-state index contributed by atoms with van der Waals surface area (Å²) < 4.78 is 0. The van der Waals surface area contributed by atoms with E-state index in [4.69, 9.17) is 10.9 Å². The number of tetrazole rings is 1. The second kappa shape index (κ2) is 5.06. The van der Waals surface area contributed by atoms with Gasteiger partial charge in [0, 0.05) is 5.56 Å². The molecule has 2 aromatic rings. The first-order valence-electron chi connectivity index (χ1n) is 5.07. The number of benzene rings is 1. The Kier molecular flexibility index (Phi) is 3.29. The summed E-state index contributed by atoms with van der Waals surface area (Å²) in [5, 5.41) is 22.8. The molecule has 0 aliphatic heterocycles. The normalized spacial score (nSPS) is 11.6. The Bertz CT molecular complexity index is 490. The molecule has 0 saturated carbocycles. The molecular formula is C10H12N6O. The summed E-state index contributed by atoms with van der Waals surface area (Å²) >= 11 is 0. The predicted molar refractivity (Wildman–Crippen MR) is 60.5 cm³/mol. The second-order valence-corrected chi connectivity index (χ2v) is 3.46. The first-order chi connectivity index (χ1) is 8.29. The summed E-state index contributed by atoms with van der Waals surface area (Å²) in [5.41, 5.74) is 7.28. The van der Waals surface area contributed by atoms with Gasteiger partial charge in [0.05, 0.1) is 6.54 Å². The lowest BCUT2D eigenvalue weighted by atomic mass is 10.1. The average molecular weight is 232 g/mol. The van der Waals surface area contributed by atoms with E-state index in [1.807, 2.05) is 12.1 Å². The van der Waals surface area contributed by atoms with E-state index in [0.717, 1.165) is 12.0 Å². The average Bonchev–Trinajstić information content (AvgIpc) is 2.89. The smallest absolute Gasteiger partial charge is 0.170 e. The van der Waals surface area contributed by atoms with Crippen molar-refractivity contribution in [3.63, 3.8) is 0 Å². The van der Waals surface area contributed by atoms with Crippen molar-refractivity contribution >= 4 is 5.84 Å². The molecule has 0 radical (unpaired) electrons. The third-order valence-corrected chi connectivity index (χ3v) is 2.35. The highest BCUT2D eigenvalue weighted by Gasteiger charge is 2.00. The zero-order valence-corrected chi connectivity index (χ0v) is 9.06. The van der Waals surface area contributed by atoms with Crippen LogP contribution in [-0.4, -0.2) is 31.3 Å². The van der Waals surface area contributed by atoms with Gasteiger partial charge in [-0.05, 0) is 17.2 Å². The van der Waals surface area contributed by atoms with E-state index < -0.39 is 0 Å². The third-order valence-electron chi connectivity index (χ3n) is 2.35. The number of aryl methyl sites for hydroxylation is 2. The molecule has 0 atom stereocenters. The zero-order valence-electron chi connectivity index (χ0n) is 9.06. The molecule has 7 nitrogen and oxygen atoms in total. The molecule has 0 aliphatic carbocycles. The van der Waals surface area contributed by atoms with Crippen LogP contribution in [0.3, 0.4) is 0 Å². The van der Waals surface area contributed by atoms with Crippen molar-refractivity contribution in [2.75, 3.05) is 0 Å². The molecule has 1 aromatic heterocycles. The highest BCUT2D eigenvalue weighted by Crippen LogP contribution is 2.05. The Morgan fingerprint density at radius 3 is 2.71 bits per heavy atom. The van der Waals surface area contributed by atoms with Gasteiger partial charge in [-0.3, -0.25) is 0 Å². The summed E-state index contributed by atoms with van der Waals surface area (Å²) in [4.78, 5) is 1.53. The quantitative estimate of drug-likeness (QED) is 0.334. The highest BCUT2D eigenvalue weighted by molar-refractivity contribution is 5.96.